The van der Waals surface area contributed by atoms with Gasteiger partial charge in [0.15, 0.2) is 0 Å². The molecule has 0 unspecified atom stereocenters. The fourth-order valence-electron chi connectivity index (χ4n) is 4.91. The van der Waals surface area contributed by atoms with Crippen LogP contribution in [0, 0.1) is 0 Å². The number of aliphatic hydroxyl groups is 1. The third kappa shape index (κ3) is 8.15. The van der Waals surface area contributed by atoms with Gasteiger partial charge in [-0.2, -0.15) is 0 Å². The Balaban J connectivity index is 1.54. The van der Waals surface area contributed by atoms with Crippen molar-refractivity contribution in [3.63, 3.8) is 0 Å². The molecule has 1 atom stereocenters. The molecule has 5 heteroatoms. The van der Waals surface area contributed by atoms with E-state index in [2.05, 4.69) is 88.4 Å². The van der Waals surface area contributed by atoms with E-state index in [-0.39, 0.29) is 5.04 Å². The van der Waals surface area contributed by atoms with Crippen LogP contribution in [0.25, 0.3) is 0 Å². The van der Waals surface area contributed by atoms with E-state index in [1.807, 2.05) is 30.3 Å². The zero-order chi connectivity index (χ0) is 27.4. The van der Waals surface area contributed by atoms with Crippen molar-refractivity contribution in [2.24, 2.45) is 0 Å². The van der Waals surface area contributed by atoms with Crippen molar-refractivity contribution in [3.8, 4) is 5.75 Å². The zero-order valence-electron chi connectivity index (χ0n) is 23.7. The Kier molecular flexibility index (Phi) is 11.4. The minimum absolute atomic E-state index is 0.0690. The maximum Gasteiger partial charge on any atom is 0.261 e. The van der Waals surface area contributed by atoms with Gasteiger partial charge < -0.3 is 19.0 Å². The SMILES string of the molecule is COc1ccc(COCCCC[C@@H](O)/C=C(\C)CO[Si](c2ccccc2)(c2ccccc2)C(C)(C)C)cc1. The predicted octanol–water partition coefficient (Wildman–Crippen LogP) is 6.27. The molecule has 0 amide bonds. The summed E-state index contributed by atoms with van der Waals surface area (Å²) in [5, 5.41) is 13.1. The van der Waals surface area contributed by atoms with Crippen LogP contribution >= 0.6 is 0 Å². The van der Waals surface area contributed by atoms with Crippen molar-refractivity contribution >= 4 is 18.7 Å². The first-order valence-corrected chi connectivity index (χ1v) is 15.5. The number of benzene rings is 3. The van der Waals surface area contributed by atoms with Crippen LogP contribution in [0.15, 0.2) is 96.6 Å². The molecule has 0 aliphatic rings. The lowest BCUT2D eigenvalue weighted by Gasteiger charge is -2.43. The molecular weight excluding hydrogens is 488 g/mol. The van der Waals surface area contributed by atoms with E-state index in [0.29, 0.717) is 26.2 Å². The van der Waals surface area contributed by atoms with E-state index in [9.17, 15) is 5.11 Å². The molecule has 0 saturated carbocycles. The van der Waals surface area contributed by atoms with Gasteiger partial charge in [0.1, 0.15) is 5.75 Å². The second-order valence-electron chi connectivity index (χ2n) is 10.9. The minimum Gasteiger partial charge on any atom is -0.497 e. The summed E-state index contributed by atoms with van der Waals surface area (Å²) in [7, 11) is -0.916. The number of aliphatic hydroxyl groups excluding tert-OH is 1. The van der Waals surface area contributed by atoms with E-state index in [0.717, 1.165) is 29.7 Å². The maximum atomic E-state index is 10.7. The summed E-state index contributed by atoms with van der Waals surface area (Å²) in [6.07, 6.45) is 4.00. The van der Waals surface area contributed by atoms with Gasteiger partial charge in [0, 0.05) is 6.61 Å². The first kappa shape index (κ1) is 29.8. The molecule has 204 valence electrons. The average Bonchev–Trinajstić information content (AvgIpc) is 2.91. The summed E-state index contributed by atoms with van der Waals surface area (Å²) < 4.78 is 18.0. The maximum absolute atomic E-state index is 10.7. The van der Waals surface area contributed by atoms with E-state index in [1.165, 1.54) is 10.4 Å². The van der Waals surface area contributed by atoms with Crippen LogP contribution in [-0.2, 0) is 15.8 Å². The van der Waals surface area contributed by atoms with Crippen LogP contribution < -0.4 is 15.1 Å². The second kappa shape index (κ2) is 14.5. The third-order valence-corrected chi connectivity index (χ3v) is 11.9. The zero-order valence-corrected chi connectivity index (χ0v) is 24.7. The first-order valence-electron chi connectivity index (χ1n) is 13.6. The van der Waals surface area contributed by atoms with Crippen molar-refractivity contribution in [2.75, 3.05) is 20.3 Å². The number of unbranched alkanes of at least 4 members (excludes halogenated alkanes) is 1. The molecule has 0 spiro atoms. The highest BCUT2D eigenvalue weighted by molar-refractivity contribution is 6.99. The Morgan fingerprint density at radius 2 is 1.45 bits per heavy atom. The molecule has 1 N–H and O–H groups in total. The van der Waals surface area contributed by atoms with Crippen molar-refractivity contribution < 1.29 is 19.0 Å². The average molecular weight is 533 g/mol. The van der Waals surface area contributed by atoms with Crippen LogP contribution in [0.1, 0.15) is 52.5 Å². The number of hydrogen-bond acceptors (Lipinski definition) is 4. The van der Waals surface area contributed by atoms with Crippen molar-refractivity contribution in [3.05, 3.63) is 102 Å². The predicted molar refractivity (Wildman–Crippen MR) is 160 cm³/mol. The lowest BCUT2D eigenvalue weighted by atomic mass is 10.1. The van der Waals surface area contributed by atoms with Crippen LogP contribution in [0.2, 0.25) is 5.04 Å². The molecule has 0 fully saturated rings. The standard InChI is InChI=1S/C33H44O4Si/c1-27(24-29(34)14-12-13-23-36-26-28-19-21-30(35-5)22-20-28)25-37-38(33(2,3)4,31-15-8-6-9-16-31)32-17-10-7-11-18-32/h6-11,15-22,24,29,34H,12-14,23,25-26H2,1-5H3/b27-24+/t29-/m1/s1. The summed E-state index contributed by atoms with van der Waals surface area (Å²) in [6.45, 7) is 10.7. The van der Waals surface area contributed by atoms with Gasteiger partial charge in [0.25, 0.3) is 8.32 Å². The highest BCUT2D eigenvalue weighted by atomic mass is 28.4. The number of hydrogen-bond donors (Lipinski definition) is 1. The fraction of sp³-hybridized carbons (Fsp3) is 0.394. The summed E-state index contributed by atoms with van der Waals surface area (Å²) in [4.78, 5) is 0. The number of rotatable bonds is 14. The first-order chi connectivity index (χ1) is 18.3. The van der Waals surface area contributed by atoms with Gasteiger partial charge in [-0.15, -0.1) is 0 Å². The molecule has 3 aromatic rings. The van der Waals surface area contributed by atoms with Crippen molar-refractivity contribution in [2.45, 2.75) is 64.7 Å². The van der Waals surface area contributed by atoms with Gasteiger partial charge in [-0.3, -0.25) is 0 Å². The molecule has 0 bridgehead atoms. The Morgan fingerprint density at radius 3 is 1.97 bits per heavy atom. The molecule has 3 aromatic carbocycles. The Labute approximate surface area is 230 Å². The van der Waals surface area contributed by atoms with Crippen LogP contribution in [0.4, 0.5) is 0 Å². The van der Waals surface area contributed by atoms with Crippen molar-refractivity contribution in [1.29, 1.82) is 0 Å². The quantitative estimate of drug-likeness (QED) is 0.151. The monoisotopic (exact) mass is 532 g/mol. The number of methoxy groups -OCH3 is 1. The summed E-state index contributed by atoms with van der Waals surface area (Å²) in [5.74, 6) is 0.850. The van der Waals surface area contributed by atoms with E-state index < -0.39 is 14.4 Å². The smallest absolute Gasteiger partial charge is 0.261 e. The summed E-state index contributed by atoms with van der Waals surface area (Å²) in [5.41, 5.74) is 2.19. The lowest BCUT2D eigenvalue weighted by molar-refractivity contribution is 0.113. The molecule has 0 aliphatic heterocycles. The normalized spacial score (nSPS) is 13.4. The van der Waals surface area contributed by atoms with E-state index >= 15 is 0 Å². The molecule has 0 radical (unpaired) electrons. The van der Waals surface area contributed by atoms with Gasteiger partial charge in [-0.1, -0.05) is 105 Å². The summed E-state index contributed by atoms with van der Waals surface area (Å²) in [6, 6.07) is 29.3. The highest BCUT2D eigenvalue weighted by Crippen LogP contribution is 2.37. The molecular formula is C33H44O4Si. The highest BCUT2D eigenvalue weighted by Gasteiger charge is 2.50. The summed E-state index contributed by atoms with van der Waals surface area (Å²) >= 11 is 0. The Hall–Kier alpha value is -2.70. The van der Waals surface area contributed by atoms with E-state index in [4.69, 9.17) is 13.9 Å². The molecule has 0 aliphatic carbocycles. The minimum atomic E-state index is -2.58. The van der Waals surface area contributed by atoms with Crippen LogP contribution in [0.5, 0.6) is 5.75 Å². The van der Waals surface area contributed by atoms with Crippen molar-refractivity contribution in [1.82, 2.24) is 0 Å². The van der Waals surface area contributed by atoms with Gasteiger partial charge in [0.2, 0.25) is 0 Å². The lowest BCUT2D eigenvalue weighted by Crippen LogP contribution is -2.66. The van der Waals surface area contributed by atoms with Gasteiger partial charge in [-0.25, -0.2) is 0 Å². The number of ether oxygens (including phenoxy) is 2. The molecule has 0 aromatic heterocycles. The molecule has 4 nitrogen and oxygen atoms in total. The van der Waals surface area contributed by atoms with Gasteiger partial charge in [0.05, 0.1) is 26.4 Å². The van der Waals surface area contributed by atoms with E-state index in [1.54, 1.807) is 7.11 Å². The molecule has 3 rings (SSSR count). The Morgan fingerprint density at radius 1 is 0.868 bits per heavy atom. The third-order valence-electron chi connectivity index (χ3n) is 6.88. The van der Waals surface area contributed by atoms with Crippen LogP contribution in [0.3, 0.4) is 0 Å². The van der Waals surface area contributed by atoms with Gasteiger partial charge in [-0.05, 0) is 59.3 Å². The van der Waals surface area contributed by atoms with Gasteiger partial charge >= 0.3 is 0 Å². The fourth-order valence-corrected chi connectivity index (χ4v) is 9.51. The second-order valence-corrected chi connectivity index (χ2v) is 15.2. The topological polar surface area (TPSA) is 47.9 Å². The molecule has 0 heterocycles. The molecule has 38 heavy (non-hydrogen) atoms. The van der Waals surface area contributed by atoms with Crippen LogP contribution in [-0.4, -0.2) is 39.9 Å². The molecule has 0 saturated heterocycles. The Bertz CT molecular complexity index is 1070. The largest absolute Gasteiger partial charge is 0.497 e.